The molecule has 0 spiro atoms. The summed E-state index contributed by atoms with van der Waals surface area (Å²) in [5.41, 5.74) is 5.45. The number of aromatic nitrogens is 2. The first-order chi connectivity index (χ1) is 14.8. The Labute approximate surface area is 182 Å². The molecule has 1 unspecified atom stereocenters. The molecule has 1 aliphatic carbocycles. The second-order valence-electron chi connectivity index (χ2n) is 7.04. The second-order valence-corrected chi connectivity index (χ2v) is 8.00. The summed E-state index contributed by atoms with van der Waals surface area (Å²) in [5, 5.41) is 23.8. The third-order valence-electron chi connectivity index (χ3n) is 4.90. The number of amides is 1. The Kier molecular flexibility index (Phi) is 7.02. The molecule has 2 aromatic heterocycles. The molecule has 12 heteroatoms. The molecule has 31 heavy (non-hydrogen) atoms. The molecule has 1 amide bonds. The van der Waals surface area contributed by atoms with Crippen LogP contribution >= 0.6 is 11.3 Å². The SMILES string of the molecule is COc1c(NC(C)[C@@H]2CC[C@@H]2O)cc(C(=O)Nc2nnc(N=C(C)C=CN)s2)oc1=O. The summed E-state index contributed by atoms with van der Waals surface area (Å²) < 4.78 is 10.2. The number of aliphatic hydroxyl groups excluding tert-OH is 1. The van der Waals surface area contributed by atoms with Crippen molar-refractivity contribution in [1.29, 1.82) is 0 Å². The second kappa shape index (κ2) is 9.71. The van der Waals surface area contributed by atoms with E-state index < -0.39 is 17.6 Å². The maximum Gasteiger partial charge on any atom is 0.381 e. The van der Waals surface area contributed by atoms with E-state index >= 15 is 0 Å². The normalized spacial score (nSPS) is 19.7. The van der Waals surface area contributed by atoms with Gasteiger partial charge in [-0.15, -0.1) is 10.2 Å². The van der Waals surface area contributed by atoms with Crippen LogP contribution in [0.4, 0.5) is 16.0 Å². The summed E-state index contributed by atoms with van der Waals surface area (Å²) in [6, 6.07) is 1.25. The number of nitrogens with zero attached hydrogens (tertiary/aromatic N) is 3. The highest BCUT2D eigenvalue weighted by Gasteiger charge is 2.34. The molecular formula is C19H24N6O5S. The van der Waals surface area contributed by atoms with E-state index in [1.54, 1.807) is 13.0 Å². The zero-order valence-electron chi connectivity index (χ0n) is 17.3. The van der Waals surface area contributed by atoms with Crippen LogP contribution in [0, 0.1) is 5.92 Å². The van der Waals surface area contributed by atoms with Gasteiger partial charge in [0.1, 0.15) is 0 Å². The fourth-order valence-electron chi connectivity index (χ4n) is 3.14. The smallest absolute Gasteiger partial charge is 0.381 e. The molecule has 0 aliphatic heterocycles. The maximum absolute atomic E-state index is 12.6. The summed E-state index contributed by atoms with van der Waals surface area (Å²) in [6.45, 7) is 3.64. The number of anilines is 2. The molecule has 166 valence electrons. The van der Waals surface area contributed by atoms with Crippen LogP contribution < -0.4 is 26.7 Å². The number of hydrogen-bond acceptors (Lipinski definition) is 11. The summed E-state index contributed by atoms with van der Waals surface area (Å²) >= 11 is 1.05. The van der Waals surface area contributed by atoms with Gasteiger partial charge in [0.25, 0.3) is 5.91 Å². The summed E-state index contributed by atoms with van der Waals surface area (Å²) in [6.07, 6.45) is 4.17. The Balaban J connectivity index is 1.78. The lowest BCUT2D eigenvalue weighted by Crippen LogP contribution is -2.42. The number of nitrogens with two attached hydrogens (primary N) is 1. The number of carbonyl (C=O) groups excluding carboxylic acids is 1. The van der Waals surface area contributed by atoms with Crippen molar-refractivity contribution in [1.82, 2.24) is 10.2 Å². The molecular weight excluding hydrogens is 424 g/mol. The van der Waals surface area contributed by atoms with Crippen LogP contribution in [0.15, 0.2) is 32.5 Å². The molecule has 1 aliphatic rings. The molecule has 0 aromatic carbocycles. The van der Waals surface area contributed by atoms with Gasteiger partial charge in [-0.3, -0.25) is 10.1 Å². The van der Waals surface area contributed by atoms with Gasteiger partial charge in [0.15, 0.2) is 5.76 Å². The van der Waals surface area contributed by atoms with Crippen molar-refractivity contribution in [3.05, 3.63) is 34.5 Å². The number of aliphatic imine (C=N–C) groups is 1. The van der Waals surface area contributed by atoms with E-state index in [1.165, 1.54) is 19.4 Å². The van der Waals surface area contributed by atoms with Crippen molar-refractivity contribution in [3.63, 3.8) is 0 Å². The van der Waals surface area contributed by atoms with Gasteiger partial charge in [0.2, 0.25) is 16.0 Å². The van der Waals surface area contributed by atoms with Crippen molar-refractivity contribution in [2.75, 3.05) is 17.7 Å². The highest BCUT2D eigenvalue weighted by molar-refractivity contribution is 7.18. The van der Waals surface area contributed by atoms with Crippen LogP contribution in [-0.4, -0.2) is 46.2 Å². The minimum absolute atomic E-state index is 0.0480. The first-order valence-corrected chi connectivity index (χ1v) is 10.4. The standard InChI is InChI=1S/C19H24N6O5S/c1-9(6-7-20)21-18-24-25-19(31-18)23-16(27)14-8-12(15(29-3)17(28)30-14)22-10(2)11-4-5-13(11)26/h6-8,10-11,13,22,26H,4-5,20H2,1-3H3,(H,23,25,27)/t10?,11-,13-/m0/s1. The lowest BCUT2D eigenvalue weighted by molar-refractivity contribution is 0.0165. The number of hydrogen-bond donors (Lipinski definition) is 4. The highest BCUT2D eigenvalue weighted by Crippen LogP contribution is 2.33. The van der Waals surface area contributed by atoms with Gasteiger partial charge in [0, 0.05) is 23.7 Å². The summed E-state index contributed by atoms with van der Waals surface area (Å²) in [7, 11) is 1.34. The summed E-state index contributed by atoms with van der Waals surface area (Å²) in [5.74, 6) is -0.901. The number of nitrogens with one attached hydrogen (secondary N) is 2. The Morgan fingerprint density at radius 2 is 2.26 bits per heavy atom. The van der Waals surface area contributed by atoms with Crippen LogP contribution in [0.2, 0.25) is 0 Å². The molecule has 0 bridgehead atoms. The minimum atomic E-state index is -0.800. The maximum atomic E-state index is 12.6. The number of ether oxygens (including phenoxy) is 1. The van der Waals surface area contributed by atoms with E-state index in [0.717, 1.165) is 24.2 Å². The first kappa shape index (κ1) is 22.4. The van der Waals surface area contributed by atoms with Crippen molar-refractivity contribution in [2.45, 2.75) is 38.8 Å². The van der Waals surface area contributed by atoms with Gasteiger partial charge in [-0.1, -0.05) is 11.3 Å². The fraction of sp³-hybridized carbons (Fsp3) is 0.421. The third kappa shape index (κ3) is 5.27. The highest BCUT2D eigenvalue weighted by atomic mass is 32.1. The van der Waals surface area contributed by atoms with E-state index in [0.29, 0.717) is 16.5 Å². The van der Waals surface area contributed by atoms with Gasteiger partial charge in [-0.2, -0.15) is 0 Å². The van der Waals surface area contributed by atoms with Crippen molar-refractivity contribution < 1.29 is 19.1 Å². The molecule has 2 heterocycles. The minimum Gasteiger partial charge on any atom is -0.488 e. The monoisotopic (exact) mass is 448 g/mol. The Hall–Kier alpha value is -3.25. The number of carbonyl (C=O) groups is 1. The van der Waals surface area contributed by atoms with Gasteiger partial charge >= 0.3 is 5.63 Å². The summed E-state index contributed by atoms with van der Waals surface area (Å²) in [4.78, 5) is 29.1. The molecule has 11 nitrogen and oxygen atoms in total. The van der Waals surface area contributed by atoms with Crippen LogP contribution in [0.1, 0.15) is 37.2 Å². The molecule has 5 N–H and O–H groups in total. The zero-order valence-corrected chi connectivity index (χ0v) is 18.1. The van der Waals surface area contributed by atoms with E-state index in [2.05, 4.69) is 25.8 Å². The van der Waals surface area contributed by atoms with E-state index in [4.69, 9.17) is 14.9 Å². The number of methoxy groups -OCH3 is 1. The molecule has 1 fully saturated rings. The molecule has 3 rings (SSSR count). The molecule has 2 aromatic rings. The lowest BCUT2D eigenvalue weighted by atomic mass is 9.77. The van der Waals surface area contributed by atoms with Crippen molar-refractivity contribution in [2.24, 2.45) is 16.6 Å². The van der Waals surface area contributed by atoms with E-state index in [-0.39, 0.29) is 28.6 Å². The molecule has 3 atom stereocenters. The van der Waals surface area contributed by atoms with Gasteiger partial charge < -0.3 is 25.3 Å². The number of rotatable bonds is 8. The Morgan fingerprint density at radius 1 is 1.48 bits per heavy atom. The van der Waals surface area contributed by atoms with Crippen LogP contribution in [0.5, 0.6) is 5.75 Å². The Bertz CT molecular complexity index is 1060. The van der Waals surface area contributed by atoms with Crippen molar-refractivity contribution in [3.8, 4) is 5.75 Å². The molecule has 0 radical (unpaired) electrons. The largest absolute Gasteiger partial charge is 0.488 e. The zero-order chi connectivity index (χ0) is 22.5. The number of allylic oxidation sites excluding steroid dienone is 1. The van der Waals surface area contributed by atoms with Crippen LogP contribution in [0.3, 0.4) is 0 Å². The van der Waals surface area contributed by atoms with E-state index in [1.807, 2.05) is 6.92 Å². The average molecular weight is 449 g/mol. The lowest BCUT2D eigenvalue weighted by Gasteiger charge is -2.37. The first-order valence-electron chi connectivity index (χ1n) is 9.57. The van der Waals surface area contributed by atoms with Gasteiger partial charge in [-0.25, -0.2) is 9.79 Å². The number of aliphatic hydroxyl groups is 1. The third-order valence-corrected chi connectivity index (χ3v) is 5.63. The predicted molar refractivity (Wildman–Crippen MR) is 117 cm³/mol. The quantitative estimate of drug-likeness (QED) is 0.441. The molecule has 1 saturated carbocycles. The van der Waals surface area contributed by atoms with Gasteiger partial charge in [0.05, 0.1) is 18.9 Å². The molecule has 0 saturated heterocycles. The van der Waals surface area contributed by atoms with Crippen LogP contribution in [-0.2, 0) is 0 Å². The topological polar surface area (TPSA) is 165 Å². The van der Waals surface area contributed by atoms with Gasteiger partial charge in [-0.05, 0) is 39.0 Å². The van der Waals surface area contributed by atoms with E-state index in [9.17, 15) is 14.7 Å². The average Bonchev–Trinajstić information content (AvgIpc) is 3.13. The predicted octanol–water partition coefficient (Wildman–Crippen LogP) is 1.89. The fourth-order valence-corrected chi connectivity index (χ4v) is 3.81. The van der Waals surface area contributed by atoms with Crippen LogP contribution in [0.25, 0.3) is 0 Å². The Morgan fingerprint density at radius 3 is 2.87 bits per heavy atom. The van der Waals surface area contributed by atoms with Crippen molar-refractivity contribution >= 4 is 38.9 Å².